The number of carbonyl (C=O) groups excluding carboxylic acids is 1. The number of aromatic nitrogens is 3. The molecule has 1 N–H and O–H groups in total. The lowest BCUT2D eigenvalue weighted by Crippen LogP contribution is -2.44. The van der Waals surface area contributed by atoms with Crippen molar-refractivity contribution < 1.29 is 27.9 Å². The largest absolute Gasteiger partial charge is 0.490 e. The monoisotopic (exact) mass is 527 g/mol. The van der Waals surface area contributed by atoms with Crippen LogP contribution in [0.5, 0.6) is 0 Å². The van der Waals surface area contributed by atoms with Gasteiger partial charge in [-0.25, -0.2) is 9.48 Å². The first-order chi connectivity index (χ1) is 18.1. The lowest BCUT2D eigenvalue weighted by molar-refractivity contribution is -0.192. The number of carbonyl (C=O) groups is 2. The van der Waals surface area contributed by atoms with Gasteiger partial charge in [0, 0.05) is 31.5 Å². The molecule has 1 fully saturated rings. The van der Waals surface area contributed by atoms with Crippen LogP contribution >= 0.6 is 0 Å². The van der Waals surface area contributed by atoms with E-state index in [-0.39, 0.29) is 5.91 Å². The average molecular weight is 528 g/mol. The van der Waals surface area contributed by atoms with Gasteiger partial charge in [-0.3, -0.25) is 4.79 Å². The third-order valence-electron chi connectivity index (χ3n) is 6.50. The highest BCUT2D eigenvalue weighted by Crippen LogP contribution is 2.28. The number of fused-ring (bicyclic) bond motifs is 1. The molecule has 0 spiro atoms. The molecule has 5 rings (SSSR count). The number of nitrogens with zero attached hydrogens (tertiary/aromatic N) is 5. The number of hydrogen-bond acceptors (Lipinski definition) is 4. The molecule has 0 bridgehead atoms. The summed E-state index contributed by atoms with van der Waals surface area (Å²) < 4.78 is 35.7. The van der Waals surface area contributed by atoms with E-state index in [1.54, 1.807) is 0 Å². The van der Waals surface area contributed by atoms with E-state index in [2.05, 4.69) is 23.4 Å². The van der Waals surface area contributed by atoms with Gasteiger partial charge in [0.05, 0.1) is 22.5 Å². The number of hydrogen-bond donors (Lipinski definition) is 1. The third kappa shape index (κ3) is 5.88. The fourth-order valence-corrected chi connectivity index (χ4v) is 4.46. The summed E-state index contributed by atoms with van der Waals surface area (Å²) >= 11 is 0. The number of pyridine rings is 1. The Bertz CT molecular complexity index is 1400. The van der Waals surface area contributed by atoms with E-state index < -0.39 is 12.1 Å². The summed E-state index contributed by atoms with van der Waals surface area (Å²) in [6.45, 7) is 1.59. The van der Waals surface area contributed by atoms with Gasteiger partial charge in [-0.1, -0.05) is 24.3 Å². The summed E-state index contributed by atoms with van der Waals surface area (Å²) in [6, 6.07) is 20.6. The highest BCUT2D eigenvalue weighted by atomic mass is 19.4. The van der Waals surface area contributed by atoms with Crippen LogP contribution in [0.2, 0.25) is 0 Å². The van der Waals surface area contributed by atoms with Crippen LogP contribution in [-0.2, 0) is 4.79 Å². The lowest BCUT2D eigenvalue weighted by Gasteiger charge is -2.35. The van der Waals surface area contributed by atoms with Crippen molar-refractivity contribution in [1.29, 1.82) is 0 Å². The molecule has 8 nitrogen and oxygen atoms in total. The van der Waals surface area contributed by atoms with Gasteiger partial charge in [0.25, 0.3) is 5.91 Å². The van der Waals surface area contributed by atoms with Crippen LogP contribution in [0.25, 0.3) is 22.6 Å². The molecule has 1 aliphatic heterocycles. The van der Waals surface area contributed by atoms with Gasteiger partial charge in [0.1, 0.15) is 5.69 Å². The van der Waals surface area contributed by atoms with Gasteiger partial charge < -0.3 is 19.3 Å². The fraction of sp³-hybridized carbons (Fsp3) is 0.296. The molecular formula is C27H28F3N5O3. The zero-order chi connectivity index (χ0) is 27.4. The quantitative estimate of drug-likeness (QED) is 0.420. The van der Waals surface area contributed by atoms with Crippen LogP contribution < -0.4 is 0 Å². The molecule has 0 aliphatic carbocycles. The van der Waals surface area contributed by atoms with Gasteiger partial charge in [-0.05, 0) is 63.3 Å². The Morgan fingerprint density at radius 1 is 0.974 bits per heavy atom. The molecule has 0 atom stereocenters. The van der Waals surface area contributed by atoms with Crippen molar-refractivity contribution in [2.75, 3.05) is 27.2 Å². The number of alkyl halides is 3. The smallest absolute Gasteiger partial charge is 0.475 e. The predicted molar refractivity (Wildman–Crippen MR) is 136 cm³/mol. The van der Waals surface area contributed by atoms with Crippen molar-refractivity contribution in [3.63, 3.8) is 0 Å². The van der Waals surface area contributed by atoms with E-state index in [0.717, 1.165) is 54.1 Å². The molecule has 0 unspecified atom stereocenters. The highest BCUT2D eigenvalue weighted by molar-refractivity contribution is 6.02. The van der Waals surface area contributed by atoms with Gasteiger partial charge in [0.2, 0.25) is 0 Å². The molecule has 1 amide bonds. The molecule has 200 valence electrons. The molecule has 3 aromatic heterocycles. The molecular weight excluding hydrogens is 499 g/mol. The van der Waals surface area contributed by atoms with Crippen molar-refractivity contribution in [3.05, 3.63) is 78.6 Å². The van der Waals surface area contributed by atoms with Gasteiger partial charge in [-0.2, -0.15) is 18.3 Å². The molecule has 0 radical (unpaired) electrons. The molecule has 0 saturated carbocycles. The Morgan fingerprint density at radius 2 is 1.61 bits per heavy atom. The van der Waals surface area contributed by atoms with E-state index in [0.29, 0.717) is 6.04 Å². The Kier molecular flexibility index (Phi) is 7.86. The second kappa shape index (κ2) is 11.1. The minimum absolute atomic E-state index is 0.106. The summed E-state index contributed by atoms with van der Waals surface area (Å²) in [5.41, 5.74) is 4.45. The normalized spacial score (nSPS) is 14.4. The maximum atomic E-state index is 13.4. The number of amides is 1. The first kappa shape index (κ1) is 26.9. The van der Waals surface area contributed by atoms with Crippen LogP contribution in [0.4, 0.5) is 13.2 Å². The second-order valence-electron chi connectivity index (χ2n) is 9.17. The number of carboxylic acids is 1. The molecule has 4 heterocycles. The Morgan fingerprint density at radius 3 is 2.21 bits per heavy atom. The number of benzene rings is 1. The van der Waals surface area contributed by atoms with Crippen molar-refractivity contribution >= 4 is 17.4 Å². The first-order valence-corrected chi connectivity index (χ1v) is 12.0. The Hall–Kier alpha value is -4.12. The number of halogens is 3. The zero-order valence-electron chi connectivity index (χ0n) is 21.0. The summed E-state index contributed by atoms with van der Waals surface area (Å²) in [5, 5.41) is 11.9. The van der Waals surface area contributed by atoms with Crippen LogP contribution in [0.15, 0.2) is 73.1 Å². The maximum absolute atomic E-state index is 13.4. The predicted octanol–water partition coefficient (Wildman–Crippen LogP) is 4.59. The molecule has 1 saturated heterocycles. The summed E-state index contributed by atoms with van der Waals surface area (Å²) in [7, 11) is 4.23. The standard InChI is InChI=1S/C25H27N5O.C2HF3O2/c1-27(2)19-11-15-28(16-12-19)25(31)21-18-24(29-14-7-6-10-23(21)29)22-13-17-30(26-22)20-8-4-3-5-9-20;3-2(4,5)1(6)7/h3-10,13-14,17-19H,11-12,15-16H2,1-2H3;(H,6,7). The number of piperidine rings is 1. The van der Waals surface area contributed by atoms with Gasteiger partial charge in [-0.15, -0.1) is 0 Å². The van der Waals surface area contributed by atoms with Crippen molar-refractivity contribution in [2.45, 2.75) is 25.1 Å². The molecule has 11 heteroatoms. The number of carboxylic acid groups (broad SMARTS) is 1. The van der Waals surface area contributed by atoms with E-state index in [4.69, 9.17) is 15.0 Å². The minimum Gasteiger partial charge on any atom is -0.475 e. The summed E-state index contributed by atoms with van der Waals surface area (Å²) in [4.78, 5) is 26.6. The van der Waals surface area contributed by atoms with E-state index in [1.807, 2.05) is 82.6 Å². The first-order valence-electron chi connectivity index (χ1n) is 12.0. The topological polar surface area (TPSA) is 83.1 Å². The van der Waals surface area contributed by atoms with E-state index in [1.165, 1.54) is 0 Å². The van der Waals surface area contributed by atoms with Crippen LogP contribution in [-0.4, -0.2) is 80.4 Å². The van der Waals surface area contributed by atoms with Crippen LogP contribution in [0.1, 0.15) is 23.2 Å². The maximum Gasteiger partial charge on any atom is 0.490 e. The number of para-hydroxylation sites is 1. The van der Waals surface area contributed by atoms with Gasteiger partial charge in [0.15, 0.2) is 0 Å². The SMILES string of the molecule is CN(C)C1CCN(C(=O)c2cc(-c3ccn(-c4ccccc4)n3)n3ccccc23)CC1.O=C(O)C(F)(F)F. The van der Waals surface area contributed by atoms with E-state index >= 15 is 0 Å². The Labute approximate surface area is 217 Å². The minimum atomic E-state index is -5.08. The summed E-state index contributed by atoms with van der Waals surface area (Å²) in [5.74, 6) is -2.65. The number of rotatable bonds is 4. The fourth-order valence-electron chi connectivity index (χ4n) is 4.46. The van der Waals surface area contributed by atoms with Crippen molar-refractivity contribution in [3.8, 4) is 17.1 Å². The zero-order valence-corrected chi connectivity index (χ0v) is 21.0. The molecule has 38 heavy (non-hydrogen) atoms. The van der Waals surface area contributed by atoms with Crippen LogP contribution in [0.3, 0.4) is 0 Å². The highest BCUT2D eigenvalue weighted by Gasteiger charge is 2.38. The average Bonchev–Trinajstić information content (AvgIpc) is 3.54. The van der Waals surface area contributed by atoms with Crippen molar-refractivity contribution in [1.82, 2.24) is 24.0 Å². The number of likely N-dealkylation sites (tertiary alicyclic amines) is 1. The molecule has 1 aromatic carbocycles. The third-order valence-corrected chi connectivity index (χ3v) is 6.50. The molecule has 4 aromatic rings. The second-order valence-corrected chi connectivity index (χ2v) is 9.17. The number of aliphatic carboxylic acids is 1. The van der Waals surface area contributed by atoms with E-state index in [9.17, 15) is 18.0 Å². The molecule has 1 aliphatic rings. The van der Waals surface area contributed by atoms with Crippen LogP contribution in [0, 0.1) is 0 Å². The summed E-state index contributed by atoms with van der Waals surface area (Å²) in [6.07, 6.45) is 0.902. The lowest BCUT2D eigenvalue weighted by atomic mass is 10.0. The van der Waals surface area contributed by atoms with Crippen molar-refractivity contribution in [2.24, 2.45) is 0 Å². The Balaban J connectivity index is 0.000000426. The van der Waals surface area contributed by atoms with Gasteiger partial charge >= 0.3 is 12.1 Å².